The average Bonchev–Trinajstić information content (AvgIpc) is 3.38. The molecule has 0 bridgehead atoms. The molecule has 0 aromatic heterocycles. The second kappa shape index (κ2) is 8.13. The lowest BCUT2D eigenvalue weighted by atomic mass is 9.98. The van der Waals surface area contributed by atoms with Crippen molar-refractivity contribution in [1.82, 2.24) is 5.32 Å². The fourth-order valence-electron chi connectivity index (χ4n) is 4.91. The molecule has 0 saturated carbocycles. The van der Waals surface area contributed by atoms with Crippen molar-refractivity contribution in [2.75, 3.05) is 13.2 Å². The van der Waals surface area contributed by atoms with E-state index in [1.54, 1.807) is 13.8 Å². The molecule has 0 spiro atoms. The van der Waals surface area contributed by atoms with Gasteiger partial charge >= 0.3 is 6.09 Å². The number of nitrogens with one attached hydrogen (secondary N) is 1. The number of amides is 1. The smallest absolute Gasteiger partial charge is 0.407 e. The first-order valence-electron chi connectivity index (χ1n) is 10.8. The number of aliphatic hydroxyl groups excluding tert-OH is 2. The molecule has 0 radical (unpaired) electrons. The Kier molecular flexibility index (Phi) is 5.43. The van der Waals surface area contributed by atoms with Crippen molar-refractivity contribution in [3.8, 4) is 11.1 Å². The summed E-state index contributed by atoms with van der Waals surface area (Å²) in [5, 5.41) is 22.3. The van der Waals surface area contributed by atoms with E-state index < -0.39 is 49.1 Å². The van der Waals surface area contributed by atoms with Crippen molar-refractivity contribution in [3.63, 3.8) is 0 Å². The fraction of sp³-hybridized carbons (Fsp3) is 0.458. The first-order chi connectivity index (χ1) is 15.4. The van der Waals surface area contributed by atoms with E-state index in [2.05, 4.69) is 29.6 Å². The number of benzene rings is 2. The summed E-state index contributed by atoms with van der Waals surface area (Å²) in [6.45, 7) is 3.14. The van der Waals surface area contributed by atoms with Crippen LogP contribution in [0.4, 0.5) is 4.79 Å². The summed E-state index contributed by atoms with van der Waals surface area (Å²) in [5.41, 5.74) is 4.53. The van der Waals surface area contributed by atoms with Crippen LogP contribution in [0, 0.1) is 0 Å². The molecule has 8 nitrogen and oxygen atoms in total. The highest BCUT2D eigenvalue weighted by Crippen LogP contribution is 2.44. The van der Waals surface area contributed by atoms with E-state index in [-0.39, 0.29) is 12.5 Å². The molecule has 2 heterocycles. The zero-order valence-corrected chi connectivity index (χ0v) is 17.9. The Morgan fingerprint density at radius 1 is 1.09 bits per heavy atom. The molecule has 3 N–H and O–H groups in total. The highest BCUT2D eigenvalue weighted by Gasteiger charge is 2.57. The third kappa shape index (κ3) is 3.68. The Morgan fingerprint density at radius 3 is 2.34 bits per heavy atom. The number of rotatable bonds is 5. The highest BCUT2D eigenvalue weighted by atomic mass is 16.8. The molecule has 2 aromatic rings. The largest absolute Gasteiger partial charge is 0.449 e. The molecule has 2 saturated heterocycles. The predicted molar refractivity (Wildman–Crippen MR) is 114 cm³/mol. The maximum absolute atomic E-state index is 12.8. The third-order valence-corrected chi connectivity index (χ3v) is 6.28. The monoisotopic (exact) mass is 441 g/mol. The van der Waals surface area contributed by atoms with Crippen molar-refractivity contribution >= 4 is 6.09 Å². The van der Waals surface area contributed by atoms with Gasteiger partial charge in [0.05, 0.1) is 12.6 Å². The van der Waals surface area contributed by atoms with Crippen LogP contribution in [0.5, 0.6) is 0 Å². The van der Waals surface area contributed by atoms with Crippen LogP contribution in [-0.4, -0.2) is 66.0 Å². The zero-order chi connectivity index (χ0) is 22.5. The van der Waals surface area contributed by atoms with E-state index in [1.807, 2.05) is 24.3 Å². The second-order valence-corrected chi connectivity index (χ2v) is 8.81. The van der Waals surface area contributed by atoms with Crippen LogP contribution in [0.2, 0.25) is 0 Å². The Bertz CT molecular complexity index is 964. The Balaban J connectivity index is 1.29. The minimum Gasteiger partial charge on any atom is -0.449 e. The Morgan fingerprint density at radius 2 is 1.72 bits per heavy atom. The summed E-state index contributed by atoms with van der Waals surface area (Å²) in [7, 11) is 0. The number of carbonyl (C=O) groups is 1. The SMILES string of the molecule is CC1(C)O[C@@H]2O[C@@H]([C@@H](O)CO)C(NC(=O)OCC3c4ccccc4-c4ccccc43)[C@@H]2O1. The second-order valence-electron chi connectivity index (χ2n) is 8.81. The minimum absolute atomic E-state index is 0.0652. The summed E-state index contributed by atoms with van der Waals surface area (Å²) in [6.07, 6.45) is -4.11. The van der Waals surface area contributed by atoms with Gasteiger partial charge in [0.15, 0.2) is 12.1 Å². The lowest BCUT2D eigenvalue weighted by molar-refractivity contribution is -0.218. The molecule has 3 aliphatic rings. The van der Waals surface area contributed by atoms with Gasteiger partial charge in [-0.2, -0.15) is 0 Å². The van der Waals surface area contributed by atoms with E-state index in [1.165, 1.54) is 0 Å². The number of alkyl carbamates (subject to hydrolysis) is 1. The van der Waals surface area contributed by atoms with Crippen LogP contribution in [0.1, 0.15) is 30.9 Å². The molecular weight excluding hydrogens is 414 g/mol. The van der Waals surface area contributed by atoms with Crippen molar-refractivity contribution in [3.05, 3.63) is 59.7 Å². The van der Waals surface area contributed by atoms with E-state index in [4.69, 9.17) is 18.9 Å². The molecule has 1 amide bonds. The van der Waals surface area contributed by atoms with Crippen LogP contribution >= 0.6 is 0 Å². The number of carbonyl (C=O) groups excluding carboxylic acids is 1. The van der Waals surface area contributed by atoms with Gasteiger partial charge in [0.1, 0.15) is 24.9 Å². The summed E-state index contributed by atoms with van der Waals surface area (Å²) in [4.78, 5) is 12.8. The molecule has 5 rings (SSSR count). The minimum atomic E-state index is -1.20. The molecule has 2 aromatic carbocycles. The van der Waals surface area contributed by atoms with Crippen LogP contribution in [-0.2, 0) is 18.9 Å². The topological polar surface area (TPSA) is 106 Å². The van der Waals surface area contributed by atoms with Crippen molar-refractivity contribution < 1.29 is 34.0 Å². The maximum Gasteiger partial charge on any atom is 0.407 e. The third-order valence-electron chi connectivity index (χ3n) is 6.28. The van der Waals surface area contributed by atoms with Crippen molar-refractivity contribution in [1.29, 1.82) is 0 Å². The molecular formula is C24H27NO7. The molecule has 32 heavy (non-hydrogen) atoms. The van der Waals surface area contributed by atoms with Gasteiger partial charge < -0.3 is 34.5 Å². The van der Waals surface area contributed by atoms with E-state index in [9.17, 15) is 15.0 Å². The standard InChI is InChI=1S/C24H27NO7/c1-24(2)31-21-19(20(18(27)11-26)30-22(21)32-24)25-23(28)29-12-17-15-9-5-3-7-13(15)14-8-4-6-10-16(14)17/h3-10,17-22,26-27H,11-12H2,1-2H3,(H,25,28)/t18-,19?,20-,21-,22-/m0/s1. The quantitative estimate of drug-likeness (QED) is 0.653. The van der Waals surface area contributed by atoms with Crippen LogP contribution in [0.25, 0.3) is 11.1 Å². The van der Waals surface area contributed by atoms with Crippen molar-refractivity contribution in [2.24, 2.45) is 0 Å². The summed E-state index contributed by atoms with van der Waals surface area (Å²) in [5.74, 6) is -0.949. The van der Waals surface area contributed by atoms with Crippen LogP contribution in [0.15, 0.2) is 48.5 Å². The molecule has 2 aliphatic heterocycles. The van der Waals surface area contributed by atoms with Crippen LogP contribution in [0.3, 0.4) is 0 Å². The van der Waals surface area contributed by atoms with Gasteiger partial charge in [0.2, 0.25) is 0 Å². The molecule has 2 fully saturated rings. The number of hydrogen-bond donors (Lipinski definition) is 3. The lowest BCUT2D eigenvalue weighted by Crippen LogP contribution is -2.52. The first-order valence-corrected chi connectivity index (χ1v) is 10.8. The van der Waals surface area contributed by atoms with Crippen molar-refractivity contribution in [2.45, 2.75) is 56.2 Å². The zero-order valence-electron chi connectivity index (χ0n) is 17.9. The first kappa shape index (κ1) is 21.4. The molecule has 8 heteroatoms. The van der Waals surface area contributed by atoms with Gasteiger partial charge in [0.25, 0.3) is 0 Å². The summed E-state index contributed by atoms with van der Waals surface area (Å²) >= 11 is 0. The Labute approximate surface area is 186 Å². The van der Waals surface area contributed by atoms with E-state index in [0.29, 0.717) is 0 Å². The molecule has 1 unspecified atom stereocenters. The number of aliphatic hydroxyl groups is 2. The van der Waals surface area contributed by atoms with Gasteiger partial charge in [-0.25, -0.2) is 4.79 Å². The van der Waals surface area contributed by atoms with E-state index >= 15 is 0 Å². The van der Waals surface area contributed by atoms with Gasteiger partial charge in [-0.3, -0.25) is 0 Å². The van der Waals surface area contributed by atoms with Gasteiger partial charge in [0, 0.05) is 5.92 Å². The molecule has 1 aliphatic carbocycles. The summed E-state index contributed by atoms with van der Waals surface area (Å²) < 4.78 is 22.9. The van der Waals surface area contributed by atoms with Gasteiger partial charge in [-0.15, -0.1) is 0 Å². The predicted octanol–water partition coefficient (Wildman–Crippen LogP) is 2.12. The maximum atomic E-state index is 12.8. The summed E-state index contributed by atoms with van der Waals surface area (Å²) in [6, 6.07) is 15.5. The number of hydrogen-bond acceptors (Lipinski definition) is 7. The molecule has 170 valence electrons. The highest BCUT2D eigenvalue weighted by molar-refractivity contribution is 5.79. The lowest BCUT2D eigenvalue weighted by Gasteiger charge is -2.28. The Hall–Kier alpha value is -2.49. The van der Waals surface area contributed by atoms with Gasteiger partial charge in [-0.05, 0) is 36.1 Å². The fourth-order valence-corrected chi connectivity index (χ4v) is 4.91. The van der Waals surface area contributed by atoms with Gasteiger partial charge in [-0.1, -0.05) is 48.5 Å². The molecule has 5 atom stereocenters. The van der Waals surface area contributed by atoms with Crippen LogP contribution < -0.4 is 5.32 Å². The van der Waals surface area contributed by atoms with E-state index in [0.717, 1.165) is 22.3 Å². The normalized spacial score (nSPS) is 28.6. The number of fused-ring (bicyclic) bond motifs is 4. The number of ether oxygens (including phenoxy) is 4. The average molecular weight is 441 g/mol.